The number of sulfone groups is 1. The van der Waals surface area contributed by atoms with Crippen LogP contribution in [0.2, 0.25) is 10.0 Å². The molecule has 0 aliphatic carbocycles. The van der Waals surface area contributed by atoms with Gasteiger partial charge >= 0.3 is 11.9 Å². The Morgan fingerprint density at radius 3 is 2.12 bits per heavy atom. The first-order valence-electron chi connectivity index (χ1n) is 8.54. The van der Waals surface area contributed by atoms with Crippen molar-refractivity contribution in [2.45, 2.75) is 9.79 Å². The van der Waals surface area contributed by atoms with Crippen LogP contribution < -0.4 is 10.1 Å². The number of carboxylic acid groups (broad SMARTS) is 1. The minimum Gasteiger partial charge on any atom is -0.507 e. The number of ether oxygens (including phenoxy) is 1. The number of carbonyl (C=O) groups excluding carboxylic acids is 1. The molecule has 0 heterocycles. The highest BCUT2D eigenvalue weighted by molar-refractivity contribution is 7.91. The quantitative estimate of drug-likeness (QED) is 0.348. The van der Waals surface area contributed by atoms with E-state index in [0.717, 1.165) is 36.4 Å². The van der Waals surface area contributed by atoms with Crippen molar-refractivity contribution < 1.29 is 37.3 Å². The number of hydrogen-bond donors (Lipinski definition) is 3. The molecule has 0 fully saturated rings. The lowest BCUT2D eigenvalue weighted by Crippen LogP contribution is -2.21. The Morgan fingerprint density at radius 2 is 1.56 bits per heavy atom. The van der Waals surface area contributed by atoms with E-state index in [2.05, 4.69) is 5.32 Å². The van der Waals surface area contributed by atoms with E-state index in [1.165, 1.54) is 18.2 Å². The molecule has 0 spiro atoms. The van der Waals surface area contributed by atoms with E-state index in [-0.39, 0.29) is 32.1 Å². The van der Waals surface area contributed by atoms with E-state index in [1.54, 1.807) is 0 Å². The van der Waals surface area contributed by atoms with Gasteiger partial charge in [0.05, 0.1) is 14.9 Å². The largest absolute Gasteiger partial charge is 0.507 e. The van der Waals surface area contributed by atoms with Crippen LogP contribution in [0.1, 0.15) is 0 Å². The van der Waals surface area contributed by atoms with Crippen molar-refractivity contribution >= 4 is 50.6 Å². The van der Waals surface area contributed by atoms with E-state index < -0.39 is 38.2 Å². The van der Waals surface area contributed by atoms with E-state index in [1.807, 2.05) is 0 Å². The van der Waals surface area contributed by atoms with Crippen molar-refractivity contribution in [2.75, 3.05) is 5.32 Å². The first kappa shape index (κ1) is 23.3. The number of carbonyl (C=O) groups is 2. The lowest BCUT2D eigenvalue weighted by molar-refractivity contribution is -0.147. The smallest absolute Gasteiger partial charge is 0.394 e. The van der Waals surface area contributed by atoms with Gasteiger partial charge in [-0.3, -0.25) is 4.79 Å². The molecule has 3 aromatic rings. The van der Waals surface area contributed by atoms with E-state index in [4.69, 9.17) is 33.0 Å². The summed E-state index contributed by atoms with van der Waals surface area (Å²) in [5.41, 5.74) is -0.00923. The van der Waals surface area contributed by atoms with Crippen LogP contribution in [0.5, 0.6) is 17.2 Å². The molecular formula is C20H12Cl2FNO7S. The molecule has 0 aliphatic rings. The summed E-state index contributed by atoms with van der Waals surface area (Å²) in [7, 11) is -4.22. The van der Waals surface area contributed by atoms with Crippen molar-refractivity contribution in [3.63, 3.8) is 0 Å². The first-order chi connectivity index (χ1) is 15.0. The Balaban J connectivity index is 1.95. The summed E-state index contributed by atoms with van der Waals surface area (Å²) in [4.78, 5) is 21.2. The van der Waals surface area contributed by atoms with Gasteiger partial charge in [-0.2, -0.15) is 0 Å². The van der Waals surface area contributed by atoms with Crippen molar-refractivity contribution in [3.8, 4) is 17.2 Å². The summed E-state index contributed by atoms with van der Waals surface area (Å²) in [6.07, 6.45) is 0. The molecule has 0 aromatic heterocycles. The summed E-state index contributed by atoms with van der Waals surface area (Å²) < 4.78 is 44.4. The number of anilines is 1. The maximum absolute atomic E-state index is 13.1. The Morgan fingerprint density at radius 1 is 0.969 bits per heavy atom. The van der Waals surface area contributed by atoms with Crippen LogP contribution in [0, 0.1) is 5.82 Å². The molecule has 0 atom stereocenters. The van der Waals surface area contributed by atoms with Crippen molar-refractivity contribution in [1.82, 2.24) is 0 Å². The molecule has 32 heavy (non-hydrogen) atoms. The molecule has 1 amide bonds. The van der Waals surface area contributed by atoms with Gasteiger partial charge in [-0.05, 0) is 48.5 Å². The molecule has 3 N–H and O–H groups in total. The standard InChI is InChI=1S/C20H12Cl2FNO7S/c21-14-7-11(24-19(26)20(27)28)8-15(22)18(14)31-12-3-6-16(25)17(9-12)32(29,30)13-4-1-10(23)2-5-13/h1-9,25H,(H,24,26)(H,27,28). The monoisotopic (exact) mass is 499 g/mol. The molecule has 8 nitrogen and oxygen atoms in total. The SMILES string of the molecule is O=C(O)C(=O)Nc1cc(Cl)c(Oc2ccc(O)c(S(=O)(=O)c3ccc(F)cc3)c2)c(Cl)c1. The summed E-state index contributed by atoms with van der Waals surface area (Å²) in [6.45, 7) is 0. The van der Waals surface area contributed by atoms with Crippen LogP contribution in [-0.2, 0) is 19.4 Å². The summed E-state index contributed by atoms with van der Waals surface area (Å²) in [5.74, 6) is -4.38. The fraction of sp³-hybridized carbons (Fsp3) is 0. The van der Waals surface area contributed by atoms with Crippen LogP contribution in [-0.4, -0.2) is 30.5 Å². The van der Waals surface area contributed by atoms with E-state index in [0.29, 0.717) is 0 Å². The van der Waals surface area contributed by atoms with Crippen LogP contribution in [0.15, 0.2) is 64.4 Å². The second-order valence-electron chi connectivity index (χ2n) is 6.22. The Bertz CT molecular complexity index is 1310. The van der Waals surface area contributed by atoms with Gasteiger partial charge < -0.3 is 20.3 Å². The zero-order chi connectivity index (χ0) is 23.6. The number of aliphatic carboxylic acids is 1. The molecule has 0 aliphatic heterocycles. The molecule has 3 rings (SSSR count). The van der Waals surface area contributed by atoms with Crippen LogP contribution in [0.4, 0.5) is 10.1 Å². The van der Waals surface area contributed by atoms with Crippen LogP contribution in [0.25, 0.3) is 0 Å². The predicted octanol–water partition coefficient (Wildman–Crippen LogP) is 4.49. The molecule has 12 heteroatoms. The summed E-state index contributed by atoms with van der Waals surface area (Å²) >= 11 is 12.2. The average molecular weight is 500 g/mol. The van der Waals surface area contributed by atoms with Crippen molar-refractivity contribution in [1.29, 1.82) is 0 Å². The topological polar surface area (TPSA) is 130 Å². The lowest BCUT2D eigenvalue weighted by atomic mass is 10.2. The lowest BCUT2D eigenvalue weighted by Gasteiger charge is -2.13. The number of hydrogen-bond acceptors (Lipinski definition) is 6. The van der Waals surface area contributed by atoms with Gasteiger partial charge in [0.1, 0.15) is 22.2 Å². The highest BCUT2D eigenvalue weighted by Crippen LogP contribution is 2.40. The number of aromatic hydroxyl groups is 1. The first-order valence-corrected chi connectivity index (χ1v) is 10.8. The van der Waals surface area contributed by atoms with E-state index in [9.17, 15) is 27.5 Å². The third kappa shape index (κ3) is 4.93. The zero-order valence-corrected chi connectivity index (χ0v) is 18.0. The van der Waals surface area contributed by atoms with Crippen molar-refractivity contribution in [2.24, 2.45) is 0 Å². The summed E-state index contributed by atoms with van der Waals surface area (Å²) in [6, 6.07) is 9.76. The minimum absolute atomic E-state index is 0.00923. The van der Waals surface area contributed by atoms with Gasteiger partial charge in [-0.15, -0.1) is 0 Å². The van der Waals surface area contributed by atoms with Gasteiger partial charge in [0.15, 0.2) is 5.75 Å². The average Bonchev–Trinajstić information content (AvgIpc) is 2.72. The fourth-order valence-corrected chi connectivity index (χ4v) is 4.47. The third-order valence-electron chi connectivity index (χ3n) is 4.02. The second-order valence-corrected chi connectivity index (χ2v) is 8.95. The maximum atomic E-state index is 13.1. The number of carboxylic acids is 1. The highest BCUT2D eigenvalue weighted by Gasteiger charge is 2.23. The molecular weight excluding hydrogens is 488 g/mol. The number of nitrogens with one attached hydrogen (secondary N) is 1. The molecule has 0 radical (unpaired) electrons. The Hall–Kier alpha value is -3.34. The number of halogens is 3. The summed E-state index contributed by atoms with van der Waals surface area (Å²) in [5, 5.41) is 20.6. The van der Waals surface area contributed by atoms with Crippen LogP contribution in [0.3, 0.4) is 0 Å². The molecule has 0 saturated carbocycles. The number of benzene rings is 3. The number of phenols is 1. The Labute approximate surface area is 190 Å². The molecule has 3 aromatic carbocycles. The normalized spacial score (nSPS) is 11.1. The van der Waals surface area contributed by atoms with E-state index >= 15 is 0 Å². The molecule has 0 bridgehead atoms. The molecule has 0 saturated heterocycles. The maximum Gasteiger partial charge on any atom is 0.394 e. The minimum atomic E-state index is -4.22. The molecule has 0 unspecified atom stereocenters. The highest BCUT2D eigenvalue weighted by atomic mass is 35.5. The number of phenolic OH excluding ortho intramolecular Hbond substituents is 1. The van der Waals surface area contributed by atoms with Gasteiger partial charge in [-0.1, -0.05) is 23.2 Å². The van der Waals surface area contributed by atoms with Crippen molar-refractivity contribution in [3.05, 3.63) is 70.5 Å². The third-order valence-corrected chi connectivity index (χ3v) is 6.38. The Kier molecular flexibility index (Phi) is 6.58. The predicted molar refractivity (Wildman–Crippen MR) is 113 cm³/mol. The van der Waals surface area contributed by atoms with Gasteiger partial charge in [0, 0.05) is 11.8 Å². The van der Waals surface area contributed by atoms with Gasteiger partial charge in [0.2, 0.25) is 9.84 Å². The fourth-order valence-electron chi connectivity index (χ4n) is 2.55. The van der Waals surface area contributed by atoms with Gasteiger partial charge in [-0.25, -0.2) is 17.6 Å². The number of rotatable bonds is 5. The van der Waals surface area contributed by atoms with Crippen LogP contribution >= 0.6 is 23.2 Å². The molecule has 166 valence electrons. The van der Waals surface area contributed by atoms with Gasteiger partial charge in [0.25, 0.3) is 0 Å². The second kappa shape index (κ2) is 9.03. The zero-order valence-electron chi connectivity index (χ0n) is 15.7. The number of amides is 1.